The Morgan fingerprint density at radius 1 is 1.29 bits per heavy atom. The molecule has 1 fully saturated rings. The first-order chi connectivity index (χ1) is 8.25. The van der Waals surface area contributed by atoms with Gasteiger partial charge in [-0.25, -0.2) is 4.39 Å². The summed E-state index contributed by atoms with van der Waals surface area (Å²) in [7, 11) is 0. The normalized spacial score (nSPS) is 15.8. The molecule has 92 valence electrons. The summed E-state index contributed by atoms with van der Waals surface area (Å²) in [4.78, 5) is 0. The van der Waals surface area contributed by atoms with Crippen molar-refractivity contribution in [3.8, 4) is 0 Å². The second-order valence-corrected chi connectivity index (χ2v) is 4.81. The van der Waals surface area contributed by atoms with Crippen LogP contribution in [-0.4, -0.2) is 11.2 Å². The lowest BCUT2D eigenvalue weighted by Crippen LogP contribution is -2.40. The van der Waals surface area contributed by atoms with Gasteiger partial charge in [0, 0.05) is 18.2 Å². The quantitative estimate of drug-likeness (QED) is 0.809. The molecule has 0 unspecified atom stereocenters. The van der Waals surface area contributed by atoms with Gasteiger partial charge in [-0.2, -0.15) is 0 Å². The number of nitrogens with one attached hydrogen (secondary N) is 2. The van der Waals surface area contributed by atoms with E-state index in [0.29, 0.717) is 23.3 Å². The minimum absolute atomic E-state index is 0.191. The molecule has 4 heteroatoms. The number of hydrogen-bond acceptors (Lipinski definition) is 1. The molecule has 0 aliphatic heterocycles. The van der Waals surface area contributed by atoms with Crippen molar-refractivity contribution in [2.75, 3.05) is 0 Å². The molecule has 0 radical (unpaired) electrons. The predicted octanol–water partition coefficient (Wildman–Crippen LogP) is 2.73. The molecule has 0 heterocycles. The zero-order chi connectivity index (χ0) is 12.1. The molecular formula is C13H17FN2S. The van der Waals surface area contributed by atoms with Crippen LogP contribution in [-0.2, 0) is 6.54 Å². The van der Waals surface area contributed by atoms with Crippen molar-refractivity contribution in [2.45, 2.75) is 38.3 Å². The van der Waals surface area contributed by atoms with Crippen LogP contribution < -0.4 is 10.6 Å². The lowest BCUT2D eigenvalue weighted by atomic mass is 10.2. The average Bonchev–Trinajstić information content (AvgIpc) is 2.81. The summed E-state index contributed by atoms with van der Waals surface area (Å²) in [6.45, 7) is 0.436. The van der Waals surface area contributed by atoms with E-state index in [0.717, 1.165) is 0 Å². The van der Waals surface area contributed by atoms with E-state index in [9.17, 15) is 4.39 Å². The van der Waals surface area contributed by atoms with Crippen LogP contribution in [0.4, 0.5) is 4.39 Å². The fourth-order valence-corrected chi connectivity index (χ4v) is 2.36. The molecule has 1 aromatic carbocycles. The van der Waals surface area contributed by atoms with Crippen LogP contribution in [0.2, 0.25) is 0 Å². The van der Waals surface area contributed by atoms with Crippen molar-refractivity contribution in [1.82, 2.24) is 10.6 Å². The molecule has 2 nitrogen and oxygen atoms in total. The first-order valence-electron chi connectivity index (χ1n) is 6.03. The summed E-state index contributed by atoms with van der Waals surface area (Å²) in [6, 6.07) is 7.24. The van der Waals surface area contributed by atoms with Gasteiger partial charge >= 0.3 is 0 Å². The third kappa shape index (κ3) is 3.66. The van der Waals surface area contributed by atoms with Crippen LogP contribution in [0.5, 0.6) is 0 Å². The minimum Gasteiger partial charge on any atom is -0.360 e. The summed E-state index contributed by atoms with van der Waals surface area (Å²) >= 11 is 5.19. The highest BCUT2D eigenvalue weighted by Gasteiger charge is 2.15. The van der Waals surface area contributed by atoms with Crippen LogP contribution in [0.15, 0.2) is 24.3 Å². The van der Waals surface area contributed by atoms with Gasteiger partial charge in [0.25, 0.3) is 0 Å². The van der Waals surface area contributed by atoms with Gasteiger partial charge in [-0.15, -0.1) is 0 Å². The Morgan fingerprint density at radius 2 is 2.00 bits per heavy atom. The van der Waals surface area contributed by atoms with Gasteiger partial charge in [0.1, 0.15) is 5.82 Å². The van der Waals surface area contributed by atoms with E-state index >= 15 is 0 Å². The maximum absolute atomic E-state index is 13.3. The van der Waals surface area contributed by atoms with Crippen LogP contribution in [0, 0.1) is 5.82 Å². The molecule has 1 aliphatic rings. The third-order valence-electron chi connectivity index (χ3n) is 3.09. The number of thiocarbonyl (C=S) groups is 1. The molecule has 0 spiro atoms. The van der Waals surface area contributed by atoms with E-state index in [1.54, 1.807) is 12.1 Å². The van der Waals surface area contributed by atoms with Gasteiger partial charge in [0.15, 0.2) is 5.11 Å². The van der Waals surface area contributed by atoms with Crippen molar-refractivity contribution >= 4 is 17.3 Å². The van der Waals surface area contributed by atoms with Crippen molar-refractivity contribution in [3.05, 3.63) is 35.6 Å². The second-order valence-electron chi connectivity index (χ2n) is 4.40. The average molecular weight is 252 g/mol. The van der Waals surface area contributed by atoms with Crippen molar-refractivity contribution in [3.63, 3.8) is 0 Å². The topological polar surface area (TPSA) is 24.1 Å². The lowest BCUT2D eigenvalue weighted by Gasteiger charge is -2.15. The summed E-state index contributed by atoms with van der Waals surface area (Å²) in [6.07, 6.45) is 4.91. The second kappa shape index (κ2) is 5.96. The summed E-state index contributed by atoms with van der Waals surface area (Å²) in [5.74, 6) is -0.191. The van der Waals surface area contributed by atoms with Crippen molar-refractivity contribution < 1.29 is 4.39 Å². The maximum Gasteiger partial charge on any atom is 0.166 e. The molecular weight excluding hydrogens is 235 g/mol. The zero-order valence-electron chi connectivity index (χ0n) is 9.71. The molecule has 1 aromatic rings. The fraction of sp³-hybridized carbons (Fsp3) is 0.462. The fourth-order valence-electron chi connectivity index (χ4n) is 2.12. The Balaban J connectivity index is 1.77. The molecule has 0 saturated heterocycles. The Kier molecular flexibility index (Phi) is 4.31. The lowest BCUT2D eigenvalue weighted by molar-refractivity contribution is 0.598. The number of benzene rings is 1. The molecule has 1 aliphatic carbocycles. The van der Waals surface area contributed by atoms with E-state index < -0.39 is 0 Å². The predicted molar refractivity (Wildman–Crippen MR) is 71.2 cm³/mol. The third-order valence-corrected chi connectivity index (χ3v) is 3.35. The largest absolute Gasteiger partial charge is 0.360 e. The van der Waals surface area contributed by atoms with Gasteiger partial charge in [-0.3, -0.25) is 0 Å². The summed E-state index contributed by atoms with van der Waals surface area (Å²) in [5, 5.41) is 6.94. The van der Waals surface area contributed by atoms with E-state index in [4.69, 9.17) is 12.2 Å². The van der Waals surface area contributed by atoms with E-state index in [-0.39, 0.29) is 5.82 Å². The highest BCUT2D eigenvalue weighted by molar-refractivity contribution is 7.80. The molecule has 2 rings (SSSR count). The van der Waals surface area contributed by atoms with Crippen LogP contribution >= 0.6 is 12.2 Å². The van der Waals surface area contributed by atoms with Gasteiger partial charge in [-0.1, -0.05) is 31.0 Å². The molecule has 0 amide bonds. The minimum atomic E-state index is -0.191. The molecule has 1 saturated carbocycles. The Morgan fingerprint density at radius 3 is 2.71 bits per heavy atom. The monoisotopic (exact) mass is 252 g/mol. The van der Waals surface area contributed by atoms with Gasteiger partial charge in [0.05, 0.1) is 0 Å². The molecule has 0 atom stereocenters. The van der Waals surface area contributed by atoms with E-state index in [1.807, 2.05) is 6.07 Å². The zero-order valence-corrected chi connectivity index (χ0v) is 10.5. The number of halogens is 1. The van der Waals surface area contributed by atoms with Crippen molar-refractivity contribution in [2.24, 2.45) is 0 Å². The molecule has 0 aromatic heterocycles. The molecule has 2 N–H and O–H groups in total. The summed E-state index contributed by atoms with van der Waals surface area (Å²) in [5.41, 5.74) is 0.642. The van der Waals surface area contributed by atoms with E-state index in [2.05, 4.69) is 10.6 Å². The van der Waals surface area contributed by atoms with Crippen LogP contribution in [0.3, 0.4) is 0 Å². The number of hydrogen-bond donors (Lipinski definition) is 2. The molecule has 17 heavy (non-hydrogen) atoms. The highest BCUT2D eigenvalue weighted by Crippen LogP contribution is 2.17. The standard InChI is InChI=1S/C13H17FN2S/c14-12-8-4-1-5-10(12)9-15-13(17)16-11-6-2-3-7-11/h1,4-5,8,11H,2-3,6-7,9H2,(H2,15,16,17). The van der Waals surface area contributed by atoms with Crippen LogP contribution in [0.1, 0.15) is 31.2 Å². The van der Waals surface area contributed by atoms with Gasteiger partial charge in [0.2, 0.25) is 0 Å². The Bertz CT molecular complexity index is 389. The van der Waals surface area contributed by atoms with Gasteiger partial charge < -0.3 is 10.6 Å². The Hall–Kier alpha value is -1.16. The summed E-state index contributed by atoms with van der Waals surface area (Å²) < 4.78 is 13.3. The SMILES string of the molecule is Fc1ccccc1CNC(=S)NC1CCCC1. The Labute approximate surface area is 107 Å². The van der Waals surface area contributed by atoms with Gasteiger partial charge in [-0.05, 0) is 31.1 Å². The number of rotatable bonds is 3. The van der Waals surface area contributed by atoms with E-state index in [1.165, 1.54) is 31.7 Å². The maximum atomic E-state index is 13.3. The van der Waals surface area contributed by atoms with Crippen LogP contribution in [0.25, 0.3) is 0 Å². The highest BCUT2D eigenvalue weighted by atomic mass is 32.1. The smallest absolute Gasteiger partial charge is 0.166 e. The first-order valence-corrected chi connectivity index (χ1v) is 6.44. The van der Waals surface area contributed by atoms with Crippen molar-refractivity contribution in [1.29, 1.82) is 0 Å². The molecule has 0 bridgehead atoms. The first kappa shape index (κ1) is 12.3.